The Labute approximate surface area is 106 Å². The molecule has 4 rings (SSSR count). The van der Waals surface area contributed by atoms with Crippen LogP contribution in [0, 0.1) is 5.92 Å². The van der Waals surface area contributed by atoms with Crippen molar-refractivity contribution >= 4 is 5.91 Å². The number of rotatable bonds is 3. The predicted octanol–water partition coefficient (Wildman–Crippen LogP) is 1.34. The molecule has 1 aromatic rings. The van der Waals surface area contributed by atoms with E-state index >= 15 is 0 Å². The average Bonchev–Trinajstić information content (AvgIpc) is 2.95. The number of hydrogen-bond acceptors (Lipinski definition) is 3. The molecule has 96 valence electrons. The lowest BCUT2D eigenvalue weighted by Gasteiger charge is -2.42. The second-order valence-corrected chi connectivity index (χ2v) is 5.92. The van der Waals surface area contributed by atoms with Gasteiger partial charge in [-0.05, 0) is 25.7 Å². The number of likely N-dealkylation sites (tertiary alicyclic amines) is 1. The molecule has 18 heavy (non-hydrogen) atoms. The zero-order valence-electron chi connectivity index (χ0n) is 10.5. The fourth-order valence-electron chi connectivity index (χ4n) is 2.75. The molecule has 3 aliphatic rings. The van der Waals surface area contributed by atoms with E-state index in [0.717, 1.165) is 31.6 Å². The molecule has 0 unspecified atom stereocenters. The third kappa shape index (κ3) is 1.64. The van der Waals surface area contributed by atoms with E-state index in [0.29, 0.717) is 23.8 Å². The Hall–Kier alpha value is -1.39. The highest BCUT2D eigenvalue weighted by molar-refractivity contribution is 5.80. The van der Waals surface area contributed by atoms with E-state index in [9.17, 15) is 4.79 Å². The van der Waals surface area contributed by atoms with E-state index in [2.05, 4.69) is 16.5 Å². The van der Waals surface area contributed by atoms with Crippen LogP contribution in [0.4, 0.5) is 0 Å². The summed E-state index contributed by atoms with van der Waals surface area (Å²) in [5, 5.41) is 8.42. The minimum Gasteiger partial charge on any atom is -0.338 e. The van der Waals surface area contributed by atoms with Crippen molar-refractivity contribution in [3.05, 3.63) is 11.9 Å². The quantitative estimate of drug-likeness (QED) is 0.808. The Bertz CT molecular complexity index is 469. The number of nitrogens with zero attached hydrogens (tertiary/aromatic N) is 4. The monoisotopic (exact) mass is 246 g/mol. The second-order valence-electron chi connectivity index (χ2n) is 5.92. The van der Waals surface area contributed by atoms with Gasteiger partial charge in [-0.15, -0.1) is 5.10 Å². The van der Waals surface area contributed by atoms with Crippen molar-refractivity contribution in [2.45, 2.75) is 44.1 Å². The lowest BCUT2D eigenvalue weighted by Crippen LogP contribution is -2.53. The molecule has 0 spiro atoms. The topological polar surface area (TPSA) is 51.0 Å². The molecule has 1 aliphatic heterocycles. The standard InChI is InChI=1S/C13H18N4O/c18-13(10-2-1-3-10)16-6-11(7-16)17-8-12(14-15-17)9-4-5-9/h8-11H,1-7H2. The van der Waals surface area contributed by atoms with Crippen LogP contribution in [0.3, 0.4) is 0 Å². The van der Waals surface area contributed by atoms with Gasteiger partial charge in [0.1, 0.15) is 0 Å². The van der Waals surface area contributed by atoms with Gasteiger partial charge in [-0.1, -0.05) is 11.6 Å². The molecule has 2 heterocycles. The molecule has 5 heteroatoms. The first-order valence-corrected chi connectivity index (χ1v) is 7.02. The molecule has 0 bridgehead atoms. The lowest BCUT2D eigenvalue weighted by atomic mass is 9.83. The third-order valence-corrected chi connectivity index (χ3v) is 4.53. The van der Waals surface area contributed by atoms with Crippen molar-refractivity contribution in [2.24, 2.45) is 5.92 Å². The van der Waals surface area contributed by atoms with Crippen LogP contribution in [0.2, 0.25) is 0 Å². The van der Waals surface area contributed by atoms with Gasteiger partial charge in [0.2, 0.25) is 5.91 Å². The highest BCUT2D eigenvalue weighted by Gasteiger charge is 2.38. The van der Waals surface area contributed by atoms with E-state index in [1.54, 1.807) is 0 Å². The summed E-state index contributed by atoms with van der Waals surface area (Å²) in [6, 6.07) is 0.356. The molecule has 0 atom stereocenters. The smallest absolute Gasteiger partial charge is 0.225 e. The van der Waals surface area contributed by atoms with Crippen LogP contribution >= 0.6 is 0 Å². The maximum Gasteiger partial charge on any atom is 0.225 e. The Balaban J connectivity index is 1.35. The maximum absolute atomic E-state index is 12.0. The number of amides is 1. The number of hydrogen-bond donors (Lipinski definition) is 0. The Morgan fingerprint density at radius 1 is 1.22 bits per heavy atom. The molecule has 3 fully saturated rings. The lowest BCUT2D eigenvalue weighted by molar-refractivity contribution is -0.144. The van der Waals surface area contributed by atoms with Crippen LogP contribution in [0.15, 0.2) is 6.20 Å². The van der Waals surface area contributed by atoms with E-state index < -0.39 is 0 Å². The third-order valence-electron chi connectivity index (χ3n) is 4.53. The fraction of sp³-hybridized carbons (Fsp3) is 0.769. The van der Waals surface area contributed by atoms with Crippen LogP contribution < -0.4 is 0 Å². The van der Waals surface area contributed by atoms with Gasteiger partial charge in [-0.3, -0.25) is 4.79 Å². The Morgan fingerprint density at radius 3 is 2.61 bits per heavy atom. The molecule has 2 saturated carbocycles. The zero-order valence-corrected chi connectivity index (χ0v) is 10.5. The van der Waals surface area contributed by atoms with Gasteiger partial charge in [-0.2, -0.15) is 0 Å². The van der Waals surface area contributed by atoms with Crippen molar-refractivity contribution in [2.75, 3.05) is 13.1 Å². The first-order chi connectivity index (χ1) is 8.81. The largest absolute Gasteiger partial charge is 0.338 e. The van der Waals surface area contributed by atoms with Crippen LogP contribution in [-0.2, 0) is 4.79 Å². The maximum atomic E-state index is 12.0. The SMILES string of the molecule is O=C(C1CCC1)N1CC(n2cc(C3CC3)nn2)C1. The van der Waals surface area contributed by atoms with Crippen LogP contribution in [0.5, 0.6) is 0 Å². The summed E-state index contributed by atoms with van der Waals surface area (Å²) in [6.07, 6.45) is 8.00. The summed E-state index contributed by atoms with van der Waals surface area (Å²) in [6.45, 7) is 1.64. The average molecular weight is 246 g/mol. The van der Waals surface area contributed by atoms with E-state index in [1.807, 2.05) is 9.58 Å². The summed E-state index contributed by atoms with van der Waals surface area (Å²) in [4.78, 5) is 14.0. The van der Waals surface area contributed by atoms with Crippen LogP contribution in [-0.4, -0.2) is 38.9 Å². The highest BCUT2D eigenvalue weighted by atomic mass is 16.2. The van der Waals surface area contributed by atoms with Crippen LogP contribution in [0.1, 0.15) is 49.8 Å². The minimum absolute atomic E-state index is 0.323. The fourth-order valence-corrected chi connectivity index (χ4v) is 2.75. The summed E-state index contributed by atoms with van der Waals surface area (Å²) in [5.74, 6) is 1.34. The van der Waals surface area contributed by atoms with Crippen molar-refractivity contribution in [3.8, 4) is 0 Å². The second kappa shape index (κ2) is 3.80. The highest BCUT2D eigenvalue weighted by Crippen LogP contribution is 2.39. The van der Waals surface area contributed by atoms with Gasteiger partial charge >= 0.3 is 0 Å². The van der Waals surface area contributed by atoms with Gasteiger partial charge in [0.25, 0.3) is 0 Å². The number of carbonyl (C=O) groups excluding carboxylic acids is 1. The first-order valence-electron chi connectivity index (χ1n) is 7.02. The molecule has 1 aromatic heterocycles. The molecule has 0 N–H and O–H groups in total. The van der Waals surface area contributed by atoms with E-state index in [-0.39, 0.29) is 0 Å². The molecule has 0 aromatic carbocycles. The Morgan fingerprint density at radius 2 is 2.00 bits per heavy atom. The zero-order chi connectivity index (χ0) is 12.1. The molecular weight excluding hydrogens is 228 g/mol. The van der Waals surface area contributed by atoms with Crippen molar-refractivity contribution in [1.29, 1.82) is 0 Å². The van der Waals surface area contributed by atoms with Gasteiger partial charge in [0.05, 0.1) is 11.7 Å². The summed E-state index contributed by atoms with van der Waals surface area (Å²) >= 11 is 0. The molecule has 0 radical (unpaired) electrons. The van der Waals surface area contributed by atoms with E-state index in [1.165, 1.54) is 19.3 Å². The minimum atomic E-state index is 0.323. The Kier molecular flexibility index (Phi) is 2.22. The molecule has 2 aliphatic carbocycles. The van der Waals surface area contributed by atoms with Crippen molar-refractivity contribution in [3.63, 3.8) is 0 Å². The van der Waals surface area contributed by atoms with Gasteiger partial charge in [-0.25, -0.2) is 4.68 Å². The van der Waals surface area contributed by atoms with Gasteiger partial charge < -0.3 is 4.90 Å². The van der Waals surface area contributed by atoms with Gasteiger partial charge in [0, 0.05) is 31.1 Å². The van der Waals surface area contributed by atoms with Crippen molar-refractivity contribution in [1.82, 2.24) is 19.9 Å². The van der Waals surface area contributed by atoms with Crippen LogP contribution in [0.25, 0.3) is 0 Å². The molecule has 1 saturated heterocycles. The first kappa shape index (κ1) is 10.5. The summed E-state index contributed by atoms with van der Waals surface area (Å²) < 4.78 is 1.96. The molecule has 5 nitrogen and oxygen atoms in total. The number of carbonyl (C=O) groups is 1. The van der Waals surface area contributed by atoms with Gasteiger partial charge in [0.15, 0.2) is 0 Å². The van der Waals surface area contributed by atoms with E-state index in [4.69, 9.17) is 0 Å². The normalized spacial score (nSPS) is 24.8. The predicted molar refractivity (Wildman–Crippen MR) is 65.0 cm³/mol. The molecule has 1 amide bonds. The van der Waals surface area contributed by atoms with Crippen molar-refractivity contribution < 1.29 is 4.79 Å². The summed E-state index contributed by atoms with van der Waals surface area (Å²) in [7, 11) is 0. The molecular formula is C13H18N4O. The number of aromatic nitrogens is 3. The summed E-state index contributed by atoms with van der Waals surface area (Å²) in [5.41, 5.74) is 1.14.